The van der Waals surface area contributed by atoms with Crippen molar-refractivity contribution in [3.05, 3.63) is 77.9 Å². The van der Waals surface area contributed by atoms with Gasteiger partial charge in [0.25, 0.3) is 0 Å². The van der Waals surface area contributed by atoms with E-state index in [9.17, 15) is 4.79 Å². The largest absolute Gasteiger partial charge is 0.496 e. The maximum Gasteiger partial charge on any atom is 0.223 e. The number of ether oxygens (including phenoxy) is 2. The molecule has 0 spiro atoms. The summed E-state index contributed by atoms with van der Waals surface area (Å²) in [6.07, 6.45) is 1.14. The van der Waals surface area contributed by atoms with Crippen molar-refractivity contribution in [3.63, 3.8) is 0 Å². The van der Waals surface area contributed by atoms with Gasteiger partial charge in [-0.15, -0.1) is 0 Å². The molecule has 36 heavy (non-hydrogen) atoms. The third-order valence-corrected chi connectivity index (χ3v) is 7.09. The lowest BCUT2D eigenvalue weighted by Crippen LogP contribution is -2.48. The number of H-pyrrole nitrogens is 1. The highest BCUT2D eigenvalue weighted by molar-refractivity contribution is 5.93. The van der Waals surface area contributed by atoms with Crippen LogP contribution in [0.3, 0.4) is 0 Å². The molecule has 1 amide bonds. The second-order valence-corrected chi connectivity index (χ2v) is 9.27. The molecule has 1 fully saturated rings. The van der Waals surface area contributed by atoms with Gasteiger partial charge in [-0.2, -0.15) is 0 Å². The summed E-state index contributed by atoms with van der Waals surface area (Å²) in [5.74, 6) is 1.89. The van der Waals surface area contributed by atoms with E-state index in [1.54, 1.807) is 14.2 Å². The average Bonchev–Trinajstić information content (AvgIpc) is 3.29. The van der Waals surface area contributed by atoms with E-state index in [2.05, 4.69) is 47.1 Å². The first-order valence-electron chi connectivity index (χ1n) is 12.5. The second kappa shape index (κ2) is 10.4. The van der Waals surface area contributed by atoms with E-state index < -0.39 is 0 Å². The molecule has 0 saturated carbocycles. The SMILES string of the molecule is COc1ccccc1-c1[nH]c2ccc(C)cc2c1CCC(=O)N1CCN(c2ccccc2OC)CC1. The predicted molar refractivity (Wildman–Crippen MR) is 145 cm³/mol. The molecule has 4 aromatic rings. The van der Waals surface area contributed by atoms with E-state index >= 15 is 0 Å². The summed E-state index contributed by atoms with van der Waals surface area (Å²) < 4.78 is 11.2. The van der Waals surface area contributed by atoms with Gasteiger partial charge in [0.05, 0.1) is 25.6 Å². The predicted octanol–water partition coefficient (Wildman–Crippen LogP) is 5.44. The fourth-order valence-electron chi connectivity index (χ4n) is 5.18. The van der Waals surface area contributed by atoms with E-state index in [-0.39, 0.29) is 5.91 Å². The van der Waals surface area contributed by atoms with Crippen molar-refractivity contribution in [2.24, 2.45) is 0 Å². The molecule has 6 nitrogen and oxygen atoms in total. The third kappa shape index (κ3) is 4.63. The van der Waals surface area contributed by atoms with Gasteiger partial charge in [-0.1, -0.05) is 35.9 Å². The molecular weight excluding hydrogens is 450 g/mol. The van der Waals surface area contributed by atoms with Crippen LogP contribution in [-0.4, -0.2) is 56.2 Å². The molecule has 5 rings (SSSR count). The number of hydrogen-bond acceptors (Lipinski definition) is 4. The number of nitrogens with one attached hydrogen (secondary N) is 1. The number of aromatic nitrogens is 1. The Labute approximate surface area is 212 Å². The molecule has 186 valence electrons. The summed E-state index contributed by atoms with van der Waals surface area (Å²) in [7, 11) is 3.39. The van der Waals surface area contributed by atoms with Crippen LogP contribution in [-0.2, 0) is 11.2 Å². The number of fused-ring (bicyclic) bond motifs is 1. The number of carbonyl (C=O) groups is 1. The molecule has 3 aromatic carbocycles. The molecule has 1 aliphatic rings. The number of para-hydroxylation sites is 3. The number of methoxy groups -OCH3 is 2. The maximum absolute atomic E-state index is 13.3. The average molecular weight is 484 g/mol. The quantitative estimate of drug-likeness (QED) is 0.380. The zero-order chi connectivity index (χ0) is 25.1. The van der Waals surface area contributed by atoms with Crippen molar-refractivity contribution in [2.45, 2.75) is 19.8 Å². The number of aryl methyl sites for hydroxylation is 2. The van der Waals surface area contributed by atoms with Gasteiger partial charge in [-0.05, 0) is 55.3 Å². The van der Waals surface area contributed by atoms with Crippen LogP contribution >= 0.6 is 0 Å². The zero-order valence-corrected chi connectivity index (χ0v) is 21.2. The topological polar surface area (TPSA) is 57.8 Å². The number of aromatic amines is 1. The van der Waals surface area contributed by atoms with Gasteiger partial charge < -0.3 is 24.3 Å². The fourth-order valence-corrected chi connectivity index (χ4v) is 5.18. The Bertz CT molecular complexity index is 1370. The van der Waals surface area contributed by atoms with Crippen LogP contribution in [0.15, 0.2) is 66.7 Å². The van der Waals surface area contributed by atoms with Gasteiger partial charge in [-0.25, -0.2) is 0 Å². The molecule has 1 N–H and O–H groups in total. The number of carbonyl (C=O) groups excluding carboxylic acids is 1. The number of amides is 1. The van der Waals surface area contributed by atoms with Crippen LogP contribution in [0.2, 0.25) is 0 Å². The molecular formula is C30H33N3O3. The lowest BCUT2D eigenvalue weighted by atomic mass is 9.99. The second-order valence-electron chi connectivity index (χ2n) is 9.27. The Hall–Kier alpha value is -3.93. The molecule has 0 radical (unpaired) electrons. The molecule has 0 aliphatic carbocycles. The van der Waals surface area contributed by atoms with Crippen molar-refractivity contribution in [2.75, 3.05) is 45.3 Å². The first kappa shape index (κ1) is 23.8. The Morgan fingerprint density at radius 2 is 1.58 bits per heavy atom. The van der Waals surface area contributed by atoms with Crippen LogP contribution in [0.25, 0.3) is 22.2 Å². The van der Waals surface area contributed by atoms with Gasteiger partial charge in [0.15, 0.2) is 0 Å². The van der Waals surface area contributed by atoms with Gasteiger partial charge in [0.2, 0.25) is 5.91 Å². The number of piperazine rings is 1. The third-order valence-electron chi connectivity index (χ3n) is 7.09. The number of benzene rings is 3. The molecule has 0 unspecified atom stereocenters. The lowest BCUT2D eigenvalue weighted by Gasteiger charge is -2.36. The lowest BCUT2D eigenvalue weighted by molar-refractivity contribution is -0.131. The standard InChI is InChI=1S/C30H33N3O3/c1-21-12-14-25-24(20-21)22(30(31-25)23-8-4-6-10-27(23)35-2)13-15-29(34)33-18-16-32(17-19-33)26-9-5-7-11-28(26)36-3/h4-12,14,20,31H,13,15-19H2,1-3H3. The number of rotatable bonds is 7. The summed E-state index contributed by atoms with van der Waals surface area (Å²) in [6, 6.07) is 22.5. The van der Waals surface area contributed by atoms with Crippen molar-refractivity contribution >= 4 is 22.5 Å². The van der Waals surface area contributed by atoms with Crippen molar-refractivity contribution in [1.29, 1.82) is 0 Å². The van der Waals surface area contributed by atoms with Crippen molar-refractivity contribution in [1.82, 2.24) is 9.88 Å². The summed E-state index contributed by atoms with van der Waals surface area (Å²) in [5, 5.41) is 1.17. The molecule has 1 saturated heterocycles. The highest BCUT2D eigenvalue weighted by atomic mass is 16.5. The van der Waals surface area contributed by atoms with E-state index in [4.69, 9.17) is 9.47 Å². The van der Waals surface area contributed by atoms with Crippen molar-refractivity contribution in [3.8, 4) is 22.8 Å². The fraction of sp³-hybridized carbons (Fsp3) is 0.300. The molecule has 6 heteroatoms. The van der Waals surface area contributed by atoms with Crippen LogP contribution in [0.5, 0.6) is 11.5 Å². The zero-order valence-electron chi connectivity index (χ0n) is 21.2. The number of nitrogens with zero attached hydrogens (tertiary/aromatic N) is 2. The van der Waals surface area contributed by atoms with E-state index in [0.29, 0.717) is 25.9 Å². The minimum Gasteiger partial charge on any atom is -0.496 e. The summed E-state index contributed by atoms with van der Waals surface area (Å²) in [5.41, 5.74) is 6.58. The van der Waals surface area contributed by atoms with Gasteiger partial charge in [0.1, 0.15) is 11.5 Å². The Morgan fingerprint density at radius 1 is 0.889 bits per heavy atom. The van der Waals surface area contributed by atoms with E-state index in [1.165, 1.54) is 16.5 Å². The number of anilines is 1. The van der Waals surface area contributed by atoms with Gasteiger partial charge >= 0.3 is 0 Å². The maximum atomic E-state index is 13.3. The molecule has 0 bridgehead atoms. The minimum absolute atomic E-state index is 0.197. The smallest absolute Gasteiger partial charge is 0.223 e. The van der Waals surface area contributed by atoms with Gasteiger partial charge in [0, 0.05) is 49.1 Å². The Kier molecular flexibility index (Phi) is 6.85. The normalized spacial score (nSPS) is 13.8. The van der Waals surface area contributed by atoms with Crippen LogP contribution in [0.1, 0.15) is 17.5 Å². The Morgan fingerprint density at radius 3 is 2.33 bits per heavy atom. The summed E-state index contributed by atoms with van der Waals surface area (Å²) >= 11 is 0. The van der Waals surface area contributed by atoms with Crippen molar-refractivity contribution < 1.29 is 14.3 Å². The van der Waals surface area contributed by atoms with Gasteiger partial charge in [-0.3, -0.25) is 4.79 Å². The molecule has 1 aromatic heterocycles. The number of hydrogen-bond donors (Lipinski definition) is 1. The summed E-state index contributed by atoms with van der Waals surface area (Å²) in [6.45, 7) is 5.12. The van der Waals surface area contributed by atoms with Crippen LogP contribution in [0, 0.1) is 6.92 Å². The highest BCUT2D eigenvalue weighted by Crippen LogP contribution is 2.37. The van der Waals surface area contributed by atoms with E-state index in [1.807, 2.05) is 41.3 Å². The van der Waals surface area contributed by atoms with Crippen LogP contribution < -0.4 is 14.4 Å². The highest BCUT2D eigenvalue weighted by Gasteiger charge is 2.24. The van der Waals surface area contributed by atoms with Crippen LogP contribution in [0.4, 0.5) is 5.69 Å². The summed E-state index contributed by atoms with van der Waals surface area (Å²) in [4.78, 5) is 21.2. The molecule has 0 atom stereocenters. The molecule has 2 heterocycles. The van der Waals surface area contributed by atoms with E-state index in [0.717, 1.165) is 47.1 Å². The Balaban J connectivity index is 1.33. The first-order chi connectivity index (χ1) is 17.6. The minimum atomic E-state index is 0.197. The first-order valence-corrected chi connectivity index (χ1v) is 12.5. The monoisotopic (exact) mass is 483 g/mol. The molecule has 1 aliphatic heterocycles.